The summed E-state index contributed by atoms with van der Waals surface area (Å²) in [5, 5.41) is 0.739. The normalized spacial score (nSPS) is 10.4. The second-order valence-corrected chi connectivity index (χ2v) is 5.25. The highest BCUT2D eigenvalue weighted by Crippen LogP contribution is 2.28. The van der Waals surface area contributed by atoms with E-state index in [1.54, 1.807) is 5.51 Å². The fraction of sp³-hybridized carbons (Fsp3) is 0.0625. The molecule has 3 rings (SSSR count). The molecule has 0 aliphatic carbocycles. The Morgan fingerprint density at radius 2 is 1.75 bits per heavy atom. The molecule has 3 aromatic rings. The van der Waals surface area contributed by atoms with Crippen LogP contribution in [0.5, 0.6) is 5.75 Å². The highest BCUT2D eigenvalue weighted by atomic mass is 32.1. The van der Waals surface area contributed by atoms with E-state index in [1.807, 2.05) is 54.6 Å². The molecule has 1 heterocycles. The number of aromatic nitrogens is 1. The minimum atomic E-state index is 0.568. The third-order valence-corrected chi connectivity index (χ3v) is 3.63. The van der Waals surface area contributed by atoms with Gasteiger partial charge in [-0.25, -0.2) is 4.98 Å². The lowest BCUT2D eigenvalue weighted by atomic mass is 10.1. The highest BCUT2D eigenvalue weighted by molar-refractivity contribution is 7.14. The van der Waals surface area contributed by atoms with Gasteiger partial charge in [0.2, 0.25) is 0 Å². The van der Waals surface area contributed by atoms with Crippen molar-refractivity contribution in [2.24, 2.45) is 0 Å². The van der Waals surface area contributed by atoms with Crippen LogP contribution in [0.25, 0.3) is 11.3 Å². The molecule has 2 aromatic carbocycles. The Labute approximate surface area is 121 Å². The molecule has 0 fully saturated rings. The summed E-state index contributed by atoms with van der Waals surface area (Å²) in [6, 6.07) is 17.9. The quantitative estimate of drug-likeness (QED) is 0.787. The first-order valence-electron chi connectivity index (χ1n) is 6.29. The van der Waals surface area contributed by atoms with E-state index in [-0.39, 0.29) is 0 Å². The first-order chi connectivity index (χ1) is 9.83. The van der Waals surface area contributed by atoms with E-state index >= 15 is 0 Å². The Balaban J connectivity index is 1.69. The summed E-state index contributed by atoms with van der Waals surface area (Å²) in [6.45, 7) is 0.568. The van der Waals surface area contributed by atoms with Crippen LogP contribution in [-0.2, 0) is 6.61 Å². The Bertz CT molecular complexity index is 677. The first kappa shape index (κ1) is 12.7. The lowest BCUT2D eigenvalue weighted by molar-refractivity contribution is 0.306. The standard InChI is InChI=1S/C16H14N2OS/c17-16-15(18-11-20-16)13-6-8-14(9-7-13)19-10-12-4-2-1-3-5-12/h1-9,11H,10,17H2. The van der Waals surface area contributed by atoms with Crippen LogP contribution in [0.15, 0.2) is 60.1 Å². The molecular formula is C16H14N2OS. The van der Waals surface area contributed by atoms with Crippen molar-refractivity contribution in [2.45, 2.75) is 6.61 Å². The lowest BCUT2D eigenvalue weighted by Gasteiger charge is -2.07. The molecule has 20 heavy (non-hydrogen) atoms. The van der Waals surface area contributed by atoms with Gasteiger partial charge in [-0.1, -0.05) is 30.3 Å². The van der Waals surface area contributed by atoms with Crippen molar-refractivity contribution in [3.8, 4) is 17.0 Å². The summed E-state index contributed by atoms with van der Waals surface area (Å²) >= 11 is 1.45. The number of nitrogens with two attached hydrogens (primary N) is 1. The van der Waals surface area contributed by atoms with Crippen LogP contribution in [0.2, 0.25) is 0 Å². The molecule has 2 N–H and O–H groups in total. The number of nitrogens with zero attached hydrogens (tertiary/aromatic N) is 1. The largest absolute Gasteiger partial charge is 0.489 e. The minimum absolute atomic E-state index is 0.568. The van der Waals surface area contributed by atoms with Gasteiger partial charge in [0, 0.05) is 5.56 Å². The van der Waals surface area contributed by atoms with Crippen LogP contribution in [-0.4, -0.2) is 4.98 Å². The summed E-state index contributed by atoms with van der Waals surface area (Å²) < 4.78 is 5.75. The zero-order valence-corrected chi connectivity index (χ0v) is 11.6. The van der Waals surface area contributed by atoms with E-state index in [0.717, 1.165) is 27.6 Å². The van der Waals surface area contributed by atoms with E-state index in [0.29, 0.717) is 6.61 Å². The monoisotopic (exact) mass is 282 g/mol. The van der Waals surface area contributed by atoms with Gasteiger partial charge in [0.25, 0.3) is 0 Å². The number of hydrogen-bond donors (Lipinski definition) is 1. The highest BCUT2D eigenvalue weighted by Gasteiger charge is 2.05. The van der Waals surface area contributed by atoms with E-state index in [4.69, 9.17) is 10.5 Å². The van der Waals surface area contributed by atoms with Crippen molar-refractivity contribution in [2.75, 3.05) is 5.73 Å². The number of ether oxygens (including phenoxy) is 1. The molecule has 0 atom stereocenters. The van der Waals surface area contributed by atoms with Crippen molar-refractivity contribution < 1.29 is 4.74 Å². The zero-order valence-electron chi connectivity index (χ0n) is 10.8. The third-order valence-electron chi connectivity index (χ3n) is 2.97. The number of rotatable bonds is 4. The van der Waals surface area contributed by atoms with Crippen LogP contribution in [0, 0.1) is 0 Å². The number of hydrogen-bond acceptors (Lipinski definition) is 4. The summed E-state index contributed by atoms with van der Waals surface area (Å²) in [7, 11) is 0. The molecular weight excluding hydrogens is 268 g/mol. The molecule has 0 saturated carbocycles. The van der Waals surface area contributed by atoms with Gasteiger partial charge in [-0.3, -0.25) is 0 Å². The zero-order chi connectivity index (χ0) is 13.8. The van der Waals surface area contributed by atoms with Gasteiger partial charge in [0.15, 0.2) is 0 Å². The summed E-state index contributed by atoms with van der Waals surface area (Å²) in [6.07, 6.45) is 0. The van der Waals surface area contributed by atoms with Crippen molar-refractivity contribution in [1.29, 1.82) is 0 Å². The number of anilines is 1. The predicted molar refractivity (Wildman–Crippen MR) is 82.7 cm³/mol. The van der Waals surface area contributed by atoms with Gasteiger partial charge in [0.1, 0.15) is 23.1 Å². The van der Waals surface area contributed by atoms with Crippen LogP contribution in [0.1, 0.15) is 5.56 Å². The van der Waals surface area contributed by atoms with Crippen LogP contribution >= 0.6 is 11.3 Å². The Morgan fingerprint density at radius 1 is 1.00 bits per heavy atom. The fourth-order valence-electron chi connectivity index (χ4n) is 1.92. The van der Waals surface area contributed by atoms with Gasteiger partial charge >= 0.3 is 0 Å². The maximum Gasteiger partial charge on any atom is 0.119 e. The van der Waals surface area contributed by atoms with Crippen molar-refractivity contribution in [1.82, 2.24) is 4.98 Å². The van der Waals surface area contributed by atoms with E-state index in [2.05, 4.69) is 4.98 Å². The fourth-order valence-corrected chi connectivity index (χ4v) is 2.48. The van der Waals surface area contributed by atoms with Crippen molar-refractivity contribution in [3.05, 3.63) is 65.7 Å². The molecule has 0 spiro atoms. The topological polar surface area (TPSA) is 48.1 Å². The Kier molecular flexibility index (Phi) is 3.65. The summed E-state index contributed by atoms with van der Waals surface area (Å²) in [4.78, 5) is 4.26. The third kappa shape index (κ3) is 2.81. The van der Waals surface area contributed by atoms with E-state index in [9.17, 15) is 0 Å². The van der Waals surface area contributed by atoms with E-state index < -0.39 is 0 Å². The molecule has 0 amide bonds. The molecule has 100 valence electrons. The second kappa shape index (κ2) is 5.75. The smallest absolute Gasteiger partial charge is 0.119 e. The molecule has 1 aromatic heterocycles. The lowest BCUT2D eigenvalue weighted by Crippen LogP contribution is -1.94. The number of nitrogen functional groups attached to an aromatic ring is 1. The SMILES string of the molecule is Nc1scnc1-c1ccc(OCc2ccccc2)cc1. The van der Waals surface area contributed by atoms with Crippen LogP contribution in [0.4, 0.5) is 5.00 Å². The van der Waals surface area contributed by atoms with E-state index in [1.165, 1.54) is 11.3 Å². The summed E-state index contributed by atoms with van der Waals surface area (Å²) in [5.74, 6) is 0.839. The molecule has 0 bridgehead atoms. The van der Waals surface area contributed by atoms with Gasteiger partial charge in [-0.2, -0.15) is 0 Å². The van der Waals surface area contributed by atoms with Crippen LogP contribution in [0.3, 0.4) is 0 Å². The predicted octanol–water partition coefficient (Wildman–Crippen LogP) is 3.97. The Hall–Kier alpha value is -2.33. The second-order valence-electron chi connectivity index (χ2n) is 4.36. The maximum atomic E-state index is 5.87. The number of thiazole rings is 1. The van der Waals surface area contributed by atoms with Gasteiger partial charge in [-0.15, -0.1) is 11.3 Å². The number of benzene rings is 2. The summed E-state index contributed by atoms with van der Waals surface area (Å²) in [5.41, 5.74) is 10.6. The van der Waals surface area contributed by atoms with Crippen molar-refractivity contribution in [3.63, 3.8) is 0 Å². The minimum Gasteiger partial charge on any atom is -0.489 e. The van der Waals surface area contributed by atoms with Crippen LogP contribution < -0.4 is 10.5 Å². The van der Waals surface area contributed by atoms with Gasteiger partial charge in [0.05, 0.1) is 5.51 Å². The molecule has 0 aliphatic rings. The molecule has 3 nitrogen and oxygen atoms in total. The average molecular weight is 282 g/mol. The van der Waals surface area contributed by atoms with Gasteiger partial charge in [-0.05, 0) is 29.8 Å². The van der Waals surface area contributed by atoms with Gasteiger partial charge < -0.3 is 10.5 Å². The maximum absolute atomic E-state index is 5.87. The molecule has 0 saturated heterocycles. The first-order valence-corrected chi connectivity index (χ1v) is 7.17. The average Bonchev–Trinajstić information content (AvgIpc) is 2.93. The molecule has 0 radical (unpaired) electrons. The molecule has 4 heteroatoms. The molecule has 0 aliphatic heterocycles. The Morgan fingerprint density at radius 3 is 2.40 bits per heavy atom. The van der Waals surface area contributed by atoms with Crippen molar-refractivity contribution >= 4 is 16.3 Å². The molecule has 0 unspecified atom stereocenters.